The zero-order chi connectivity index (χ0) is 11.0. The molecule has 1 aliphatic carbocycles. The summed E-state index contributed by atoms with van der Waals surface area (Å²) in [6.07, 6.45) is 4.86. The summed E-state index contributed by atoms with van der Waals surface area (Å²) in [5, 5.41) is 2.49. The third-order valence-electron chi connectivity index (χ3n) is 3.23. The number of carbonyl (C=O) groups is 1. The Morgan fingerprint density at radius 3 is 2.75 bits per heavy atom. The molecular formula is C15H12O. The average Bonchev–Trinajstić information content (AvgIpc) is 2.38. The summed E-state index contributed by atoms with van der Waals surface area (Å²) in [7, 11) is 0. The van der Waals surface area contributed by atoms with Gasteiger partial charge in [0.15, 0.2) is 0 Å². The molecule has 0 saturated heterocycles. The smallest absolute Gasteiger partial charge is 0.146 e. The normalized spacial score (nSPS) is 14.4. The number of hydrogen-bond acceptors (Lipinski definition) is 1. The largest absolute Gasteiger partial charge is 0.298 e. The second-order valence-corrected chi connectivity index (χ2v) is 4.20. The van der Waals surface area contributed by atoms with Crippen molar-refractivity contribution in [2.75, 3.05) is 0 Å². The van der Waals surface area contributed by atoms with Crippen molar-refractivity contribution in [3.8, 4) is 0 Å². The molecule has 0 aromatic heterocycles. The van der Waals surface area contributed by atoms with E-state index in [1.54, 1.807) is 0 Å². The van der Waals surface area contributed by atoms with E-state index in [1.165, 1.54) is 21.9 Å². The molecular weight excluding hydrogens is 196 g/mol. The van der Waals surface area contributed by atoms with E-state index in [2.05, 4.69) is 24.3 Å². The summed E-state index contributed by atoms with van der Waals surface area (Å²) < 4.78 is 0. The molecule has 0 saturated carbocycles. The van der Waals surface area contributed by atoms with Crippen molar-refractivity contribution in [3.05, 3.63) is 53.1 Å². The van der Waals surface area contributed by atoms with Gasteiger partial charge in [0.25, 0.3) is 0 Å². The minimum atomic E-state index is 0.870. The van der Waals surface area contributed by atoms with Crippen LogP contribution < -0.4 is 0 Å². The maximum atomic E-state index is 10.8. The molecule has 0 N–H and O–H groups in total. The number of hydrogen-bond donors (Lipinski definition) is 0. The lowest BCUT2D eigenvalue weighted by atomic mass is 9.89. The standard InChI is InChI=1S/C15H12O/c16-10-11-5-6-13-8-7-12-3-1-2-4-14(12)15(13)9-11/h1-4,7-10H,5-6H2. The van der Waals surface area contributed by atoms with Crippen LogP contribution in [0.5, 0.6) is 0 Å². The van der Waals surface area contributed by atoms with E-state index in [-0.39, 0.29) is 0 Å². The lowest BCUT2D eigenvalue weighted by Crippen LogP contribution is -2.00. The quantitative estimate of drug-likeness (QED) is 0.657. The third-order valence-corrected chi connectivity index (χ3v) is 3.23. The Kier molecular flexibility index (Phi) is 2.10. The summed E-state index contributed by atoms with van der Waals surface area (Å²) in [4.78, 5) is 10.8. The van der Waals surface area contributed by atoms with Crippen molar-refractivity contribution >= 4 is 23.1 Å². The zero-order valence-electron chi connectivity index (χ0n) is 8.94. The summed E-state index contributed by atoms with van der Waals surface area (Å²) in [5.41, 5.74) is 3.49. The molecule has 0 spiro atoms. The Morgan fingerprint density at radius 1 is 1.00 bits per heavy atom. The van der Waals surface area contributed by atoms with Crippen LogP contribution in [-0.4, -0.2) is 6.29 Å². The molecule has 0 bridgehead atoms. The number of rotatable bonds is 1. The first-order valence-corrected chi connectivity index (χ1v) is 5.55. The van der Waals surface area contributed by atoms with E-state index in [9.17, 15) is 4.79 Å². The number of allylic oxidation sites excluding steroid dienone is 1. The van der Waals surface area contributed by atoms with Crippen LogP contribution in [0, 0.1) is 0 Å². The van der Waals surface area contributed by atoms with E-state index < -0.39 is 0 Å². The van der Waals surface area contributed by atoms with E-state index in [1.807, 2.05) is 18.2 Å². The van der Waals surface area contributed by atoms with E-state index in [0.717, 1.165) is 24.7 Å². The SMILES string of the molecule is O=CC1=Cc2c(ccc3ccccc23)CC1. The maximum Gasteiger partial charge on any atom is 0.146 e. The molecule has 0 amide bonds. The van der Waals surface area contributed by atoms with E-state index in [0.29, 0.717) is 0 Å². The van der Waals surface area contributed by atoms with Gasteiger partial charge in [-0.1, -0.05) is 36.4 Å². The van der Waals surface area contributed by atoms with Crippen LogP contribution in [0.25, 0.3) is 16.8 Å². The van der Waals surface area contributed by atoms with Crippen molar-refractivity contribution < 1.29 is 4.79 Å². The second-order valence-electron chi connectivity index (χ2n) is 4.20. The molecule has 0 fully saturated rings. The van der Waals surface area contributed by atoms with Crippen LogP contribution in [0.3, 0.4) is 0 Å². The molecule has 1 aliphatic rings. The Bertz CT molecular complexity index is 593. The van der Waals surface area contributed by atoms with Gasteiger partial charge in [-0.3, -0.25) is 4.79 Å². The van der Waals surface area contributed by atoms with Crippen molar-refractivity contribution in [3.63, 3.8) is 0 Å². The van der Waals surface area contributed by atoms with E-state index >= 15 is 0 Å². The number of aldehydes is 1. The molecule has 0 radical (unpaired) electrons. The first-order valence-electron chi connectivity index (χ1n) is 5.55. The third kappa shape index (κ3) is 1.36. The molecule has 16 heavy (non-hydrogen) atoms. The summed E-state index contributed by atoms with van der Waals surface area (Å²) >= 11 is 0. The highest BCUT2D eigenvalue weighted by Gasteiger charge is 2.11. The molecule has 0 aliphatic heterocycles. The van der Waals surface area contributed by atoms with Crippen LogP contribution in [0.1, 0.15) is 17.5 Å². The lowest BCUT2D eigenvalue weighted by Gasteiger charge is -2.15. The van der Waals surface area contributed by atoms with Gasteiger partial charge in [0.2, 0.25) is 0 Å². The Hall–Kier alpha value is -1.89. The second kappa shape index (κ2) is 3.60. The van der Waals surface area contributed by atoms with Crippen LogP contribution in [0.15, 0.2) is 42.0 Å². The number of fused-ring (bicyclic) bond motifs is 3. The maximum absolute atomic E-state index is 10.8. The Labute approximate surface area is 94.4 Å². The molecule has 1 heteroatoms. The van der Waals surface area contributed by atoms with Crippen LogP contribution in [-0.2, 0) is 11.2 Å². The fraction of sp³-hybridized carbons (Fsp3) is 0.133. The average molecular weight is 208 g/mol. The molecule has 2 aromatic rings. The predicted molar refractivity (Wildman–Crippen MR) is 66.3 cm³/mol. The minimum Gasteiger partial charge on any atom is -0.298 e. The van der Waals surface area contributed by atoms with Gasteiger partial charge in [-0.15, -0.1) is 0 Å². The first kappa shape index (κ1) is 9.34. The van der Waals surface area contributed by atoms with Gasteiger partial charge in [-0.2, -0.15) is 0 Å². The molecule has 3 rings (SSSR count). The summed E-state index contributed by atoms with van der Waals surface area (Å²) in [6, 6.07) is 12.7. The number of aryl methyl sites for hydroxylation is 1. The summed E-state index contributed by atoms with van der Waals surface area (Å²) in [5.74, 6) is 0. The van der Waals surface area contributed by atoms with Gasteiger partial charge in [-0.25, -0.2) is 0 Å². The van der Waals surface area contributed by atoms with Crippen LogP contribution in [0.2, 0.25) is 0 Å². The Balaban J connectivity index is 2.34. The van der Waals surface area contributed by atoms with Gasteiger partial charge in [0.1, 0.15) is 6.29 Å². The van der Waals surface area contributed by atoms with Crippen molar-refractivity contribution in [1.29, 1.82) is 0 Å². The minimum absolute atomic E-state index is 0.870. The van der Waals surface area contributed by atoms with Gasteiger partial charge in [0.05, 0.1) is 0 Å². The molecule has 1 nitrogen and oxygen atoms in total. The lowest BCUT2D eigenvalue weighted by molar-refractivity contribution is -0.105. The highest BCUT2D eigenvalue weighted by molar-refractivity contribution is 5.96. The van der Waals surface area contributed by atoms with Crippen LogP contribution in [0.4, 0.5) is 0 Å². The molecule has 78 valence electrons. The number of benzene rings is 2. The van der Waals surface area contributed by atoms with Crippen molar-refractivity contribution in [1.82, 2.24) is 0 Å². The molecule has 0 heterocycles. The molecule has 0 unspecified atom stereocenters. The number of carbonyl (C=O) groups excluding carboxylic acids is 1. The highest BCUT2D eigenvalue weighted by Crippen LogP contribution is 2.29. The van der Waals surface area contributed by atoms with Crippen LogP contribution >= 0.6 is 0 Å². The van der Waals surface area contributed by atoms with Gasteiger partial charge in [0, 0.05) is 0 Å². The monoisotopic (exact) mass is 208 g/mol. The Morgan fingerprint density at radius 2 is 1.88 bits per heavy atom. The van der Waals surface area contributed by atoms with Gasteiger partial charge < -0.3 is 0 Å². The van der Waals surface area contributed by atoms with E-state index in [4.69, 9.17) is 0 Å². The zero-order valence-corrected chi connectivity index (χ0v) is 8.94. The first-order chi connectivity index (χ1) is 7.88. The topological polar surface area (TPSA) is 17.1 Å². The summed E-state index contributed by atoms with van der Waals surface area (Å²) in [6.45, 7) is 0. The molecule has 0 atom stereocenters. The van der Waals surface area contributed by atoms with Crippen molar-refractivity contribution in [2.24, 2.45) is 0 Å². The van der Waals surface area contributed by atoms with Gasteiger partial charge in [-0.05, 0) is 46.4 Å². The van der Waals surface area contributed by atoms with Gasteiger partial charge >= 0.3 is 0 Å². The highest BCUT2D eigenvalue weighted by atomic mass is 16.1. The van der Waals surface area contributed by atoms with Crippen molar-refractivity contribution in [2.45, 2.75) is 12.8 Å². The predicted octanol–water partition coefficient (Wildman–Crippen LogP) is 3.37. The fourth-order valence-electron chi connectivity index (χ4n) is 2.36. The molecule has 2 aromatic carbocycles. The fourth-order valence-corrected chi connectivity index (χ4v) is 2.36.